The molecule has 6 heteroatoms. The van der Waals surface area contributed by atoms with Crippen LogP contribution in [0.15, 0.2) is 24.4 Å². The molecule has 6 nitrogen and oxygen atoms in total. The standard InChI is InChI=1S/C17H22N4O2/c1-11-9-12(2)21(20-11)16-6-5-14(10-18-16)17(23)19-15(7-8-22)13-3-4-13/h5-6,9-10,13,15,22H,3-4,7-8H2,1-2H3,(H,19,23). The maximum atomic E-state index is 12.3. The molecule has 0 saturated heterocycles. The molecule has 23 heavy (non-hydrogen) atoms. The van der Waals surface area contributed by atoms with Crippen LogP contribution < -0.4 is 5.32 Å². The predicted octanol–water partition coefficient (Wildman–Crippen LogP) is 1.77. The third-order valence-electron chi connectivity index (χ3n) is 4.18. The van der Waals surface area contributed by atoms with Crippen molar-refractivity contribution in [3.8, 4) is 5.82 Å². The number of aromatic nitrogens is 3. The number of nitrogens with zero attached hydrogens (tertiary/aromatic N) is 3. The SMILES string of the molecule is Cc1cc(C)n(-c2ccc(C(=O)NC(CCO)C3CC3)cn2)n1. The van der Waals surface area contributed by atoms with Crippen molar-refractivity contribution in [2.75, 3.05) is 6.61 Å². The summed E-state index contributed by atoms with van der Waals surface area (Å²) in [5.41, 5.74) is 2.46. The van der Waals surface area contributed by atoms with Gasteiger partial charge in [0.2, 0.25) is 0 Å². The molecule has 2 aromatic rings. The Hall–Kier alpha value is -2.21. The lowest BCUT2D eigenvalue weighted by Crippen LogP contribution is -2.37. The molecule has 122 valence electrons. The summed E-state index contributed by atoms with van der Waals surface area (Å²) in [6, 6.07) is 5.60. The zero-order valence-corrected chi connectivity index (χ0v) is 13.5. The molecule has 1 fully saturated rings. The Labute approximate surface area is 135 Å². The third-order valence-corrected chi connectivity index (χ3v) is 4.18. The average Bonchev–Trinajstić information content (AvgIpc) is 3.32. The summed E-state index contributed by atoms with van der Waals surface area (Å²) in [4.78, 5) is 16.7. The maximum absolute atomic E-state index is 12.3. The number of aliphatic hydroxyl groups is 1. The van der Waals surface area contributed by atoms with Crippen molar-refractivity contribution in [2.24, 2.45) is 5.92 Å². The van der Waals surface area contributed by atoms with E-state index in [1.54, 1.807) is 23.0 Å². The highest BCUT2D eigenvalue weighted by atomic mass is 16.3. The van der Waals surface area contributed by atoms with Crippen LogP contribution in [-0.4, -0.2) is 38.4 Å². The topological polar surface area (TPSA) is 80.0 Å². The van der Waals surface area contributed by atoms with Gasteiger partial charge in [0.1, 0.15) is 0 Å². The van der Waals surface area contributed by atoms with Gasteiger partial charge in [0.15, 0.2) is 5.82 Å². The molecule has 1 amide bonds. The van der Waals surface area contributed by atoms with Crippen molar-refractivity contribution in [1.82, 2.24) is 20.1 Å². The Morgan fingerprint density at radius 3 is 2.74 bits per heavy atom. The van der Waals surface area contributed by atoms with Crippen LogP contribution in [0.3, 0.4) is 0 Å². The van der Waals surface area contributed by atoms with Gasteiger partial charge in [-0.3, -0.25) is 4.79 Å². The van der Waals surface area contributed by atoms with Gasteiger partial charge in [0, 0.05) is 24.5 Å². The van der Waals surface area contributed by atoms with E-state index in [2.05, 4.69) is 15.4 Å². The summed E-state index contributed by atoms with van der Waals surface area (Å²) in [7, 11) is 0. The second kappa shape index (κ2) is 6.50. The average molecular weight is 314 g/mol. The molecule has 0 aliphatic heterocycles. The van der Waals surface area contributed by atoms with Gasteiger partial charge >= 0.3 is 0 Å². The number of aryl methyl sites for hydroxylation is 2. The zero-order chi connectivity index (χ0) is 16.4. The number of amides is 1. The van der Waals surface area contributed by atoms with Crippen LogP contribution in [0.4, 0.5) is 0 Å². The fourth-order valence-electron chi connectivity index (χ4n) is 2.82. The van der Waals surface area contributed by atoms with Gasteiger partial charge in [-0.25, -0.2) is 9.67 Å². The highest BCUT2D eigenvalue weighted by Crippen LogP contribution is 2.34. The minimum atomic E-state index is -0.136. The second-order valence-corrected chi connectivity index (χ2v) is 6.17. The number of rotatable bonds is 6. The number of nitrogens with one attached hydrogen (secondary N) is 1. The van der Waals surface area contributed by atoms with Crippen molar-refractivity contribution >= 4 is 5.91 Å². The molecular weight excluding hydrogens is 292 g/mol. The summed E-state index contributed by atoms with van der Waals surface area (Å²) in [5.74, 6) is 1.07. The Morgan fingerprint density at radius 2 is 2.22 bits per heavy atom. The van der Waals surface area contributed by atoms with E-state index < -0.39 is 0 Å². The molecule has 3 rings (SSSR count). The first-order valence-electron chi connectivity index (χ1n) is 8.00. The molecule has 1 saturated carbocycles. The first-order chi connectivity index (χ1) is 11.1. The fraction of sp³-hybridized carbons (Fsp3) is 0.471. The van der Waals surface area contributed by atoms with Gasteiger partial charge < -0.3 is 10.4 Å². The molecule has 0 radical (unpaired) electrons. The first kappa shape index (κ1) is 15.7. The quantitative estimate of drug-likeness (QED) is 0.851. The van der Waals surface area contributed by atoms with Crippen LogP contribution in [-0.2, 0) is 0 Å². The summed E-state index contributed by atoms with van der Waals surface area (Å²) < 4.78 is 1.76. The largest absolute Gasteiger partial charge is 0.396 e. The van der Waals surface area contributed by atoms with Gasteiger partial charge in [0.25, 0.3) is 5.91 Å². The lowest BCUT2D eigenvalue weighted by molar-refractivity contribution is 0.0924. The van der Waals surface area contributed by atoms with E-state index in [0.29, 0.717) is 23.7 Å². The number of aliphatic hydroxyl groups excluding tert-OH is 1. The van der Waals surface area contributed by atoms with Crippen molar-refractivity contribution < 1.29 is 9.90 Å². The van der Waals surface area contributed by atoms with Gasteiger partial charge in [-0.15, -0.1) is 0 Å². The number of hydrogen-bond acceptors (Lipinski definition) is 4. The van der Waals surface area contributed by atoms with Crippen LogP contribution in [0, 0.1) is 19.8 Å². The lowest BCUT2D eigenvalue weighted by Gasteiger charge is -2.17. The minimum Gasteiger partial charge on any atom is -0.396 e. The van der Waals surface area contributed by atoms with Gasteiger partial charge in [0.05, 0.1) is 11.3 Å². The molecule has 1 atom stereocenters. The van der Waals surface area contributed by atoms with E-state index >= 15 is 0 Å². The summed E-state index contributed by atoms with van der Waals surface area (Å²) >= 11 is 0. The molecule has 0 aromatic carbocycles. The molecule has 1 aliphatic rings. The second-order valence-electron chi connectivity index (χ2n) is 6.17. The third kappa shape index (κ3) is 3.59. The van der Waals surface area contributed by atoms with E-state index in [-0.39, 0.29) is 18.6 Å². The van der Waals surface area contributed by atoms with Gasteiger partial charge in [-0.1, -0.05) is 0 Å². The monoisotopic (exact) mass is 314 g/mol. The van der Waals surface area contributed by atoms with Crippen LogP contribution in [0.25, 0.3) is 5.82 Å². The normalized spacial score (nSPS) is 15.4. The van der Waals surface area contributed by atoms with Crippen molar-refractivity contribution in [1.29, 1.82) is 0 Å². The lowest BCUT2D eigenvalue weighted by atomic mass is 10.1. The molecule has 1 aliphatic carbocycles. The Kier molecular flexibility index (Phi) is 4.43. The zero-order valence-electron chi connectivity index (χ0n) is 13.5. The van der Waals surface area contributed by atoms with Crippen LogP contribution in [0.5, 0.6) is 0 Å². The van der Waals surface area contributed by atoms with E-state index in [0.717, 1.165) is 24.2 Å². The summed E-state index contributed by atoms with van der Waals surface area (Å²) in [5, 5.41) is 16.5. The van der Waals surface area contributed by atoms with Crippen molar-refractivity contribution in [2.45, 2.75) is 39.2 Å². The number of carbonyl (C=O) groups excluding carboxylic acids is 1. The van der Waals surface area contributed by atoms with Crippen LogP contribution >= 0.6 is 0 Å². The number of hydrogen-bond donors (Lipinski definition) is 2. The van der Waals surface area contributed by atoms with Crippen molar-refractivity contribution in [3.63, 3.8) is 0 Å². The molecule has 1 unspecified atom stereocenters. The van der Waals surface area contributed by atoms with E-state index in [1.165, 1.54) is 0 Å². The predicted molar refractivity (Wildman–Crippen MR) is 86.5 cm³/mol. The van der Waals surface area contributed by atoms with E-state index in [1.807, 2.05) is 19.9 Å². The maximum Gasteiger partial charge on any atom is 0.253 e. The van der Waals surface area contributed by atoms with Crippen LogP contribution in [0.1, 0.15) is 41.0 Å². The summed E-state index contributed by atoms with van der Waals surface area (Å²) in [6.45, 7) is 4.00. The van der Waals surface area contributed by atoms with Gasteiger partial charge in [-0.2, -0.15) is 5.10 Å². The van der Waals surface area contributed by atoms with Crippen LogP contribution in [0.2, 0.25) is 0 Å². The molecule has 2 aromatic heterocycles. The van der Waals surface area contributed by atoms with Crippen molar-refractivity contribution in [3.05, 3.63) is 41.3 Å². The molecule has 0 bridgehead atoms. The van der Waals surface area contributed by atoms with E-state index in [9.17, 15) is 4.79 Å². The Bertz CT molecular complexity index is 689. The fourth-order valence-corrected chi connectivity index (χ4v) is 2.82. The smallest absolute Gasteiger partial charge is 0.253 e. The first-order valence-corrected chi connectivity index (χ1v) is 8.00. The Balaban J connectivity index is 1.71. The summed E-state index contributed by atoms with van der Waals surface area (Å²) in [6.07, 6.45) is 4.43. The van der Waals surface area contributed by atoms with Gasteiger partial charge in [-0.05, 0) is 57.2 Å². The molecule has 2 heterocycles. The Morgan fingerprint density at radius 1 is 1.43 bits per heavy atom. The number of pyridine rings is 1. The molecule has 2 N–H and O–H groups in total. The number of carbonyl (C=O) groups is 1. The minimum absolute atomic E-state index is 0.0585. The highest BCUT2D eigenvalue weighted by Gasteiger charge is 2.31. The highest BCUT2D eigenvalue weighted by molar-refractivity contribution is 5.94. The van der Waals surface area contributed by atoms with E-state index in [4.69, 9.17) is 5.11 Å². The molecular formula is C17H22N4O2. The molecule has 0 spiro atoms.